The van der Waals surface area contributed by atoms with Crippen molar-refractivity contribution < 1.29 is 0 Å². The smallest absolute Gasteiger partial charge is 0.0462 e. The minimum atomic E-state index is 1.10. The zero-order chi connectivity index (χ0) is 43.8. The van der Waals surface area contributed by atoms with E-state index < -0.39 is 0 Å². The van der Waals surface area contributed by atoms with E-state index in [1.165, 1.54) is 72.5 Å². The van der Waals surface area contributed by atoms with E-state index in [2.05, 4.69) is 252 Å². The number of hydrogen-bond donors (Lipinski definition) is 0. The molecular formula is C60H40N2S4. The maximum absolute atomic E-state index is 2.34. The SMILES string of the molecule is c1ccc(N(c2ccc(-c3ccc(N(c4ccccc4)c4ccc(-c5cccc6c5Sc5ccccc5S6)cc4)cc3)cc2)c2ccc(-c3cccc4c3Sc3ccccc3S4)cc2)cc1. The lowest BCUT2D eigenvalue weighted by Gasteiger charge is -2.27. The molecule has 0 N–H and O–H groups in total. The Bertz CT molecular complexity index is 3110. The number of rotatable bonds is 9. The lowest BCUT2D eigenvalue weighted by atomic mass is 10.0. The van der Waals surface area contributed by atoms with Gasteiger partial charge in [0.15, 0.2) is 0 Å². The van der Waals surface area contributed by atoms with Crippen molar-refractivity contribution in [2.45, 2.75) is 39.2 Å². The van der Waals surface area contributed by atoms with Crippen LogP contribution in [0, 0.1) is 0 Å². The second-order valence-electron chi connectivity index (χ2n) is 16.1. The number of anilines is 6. The van der Waals surface area contributed by atoms with Gasteiger partial charge in [-0.2, -0.15) is 0 Å². The molecule has 0 atom stereocenters. The summed E-state index contributed by atoms with van der Waals surface area (Å²) in [5.41, 5.74) is 14.0. The zero-order valence-electron chi connectivity index (χ0n) is 35.6. The molecule has 12 rings (SSSR count). The summed E-state index contributed by atoms with van der Waals surface area (Å²) in [7, 11) is 0. The van der Waals surface area contributed by atoms with Crippen molar-refractivity contribution in [3.63, 3.8) is 0 Å². The number of nitrogens with zero attached hydrogens (tertiary/aromatic N) is 2. The van der Waals surface area contributed by atoms with Crippen molar-refractivity contribution in [3.05, 3.63) is 243 Å². The largest absolute Gasteiger partial charge is 0.311 e. The average molecular weight is 917 g/mol. The van der Waals surface area contributed by atoms with E-state index in [9.17, 15) is 0 Å². The molecule has 2 aliphatic rings. The van der Waals surface area contributed by atoms with Crippen molar-refractivity contribution in [2.24, 2.45) is 0 Å². The summed E-state index contributed by atoms with van der Waals surface area (Å²) < 4.78 is 0. The molecular weight excluding hydrogens is 877 g/mol. The van der Waals surface area contributed by atoms with Gasteiger partial charge in [0, 0.05) is 73.3 Å². The standard InChI is InChI=1S/C60H40N2S4/c1-3-13-45(14-4-1)61(49-37-29-43(30-38-49)51-17-11-23-57-59(51)65-55-21-9-7-19-53(55)63-57)47-33-25-41(26-34-47)42-27-35-48(36-28-42)62(46-15-5-2-6-16-46)50-39-31-44(32-40-50)52-18-12-24-58-60(52)66-56-22-10-8-20-54(56)64-58/h1-40H. The highest BCUT2D eigenvalue weighted by atomic mass is 32.2. The lowest BCUT2D eigenvalue weighted by Crippen LogP contribution is -2.10. The molecule has 0 radical (unpaired) electrons. The molecule has 2 heterocycles. The molecule has 0 bridgehead atoms. The lowest BCUT2D eigenvalue weighted by molar-refractivity contribution is 1.16. The summed E-state index contributed by atoms with van der Waals surface area (Å²) in [4.78, 5) is 15.2. The quantitative estimate of drug-likeness (QED) is 0.141. The normalized spacial score (nSPS) is 12.3. The molecule has 10 aromatic rings. The van der Waals surface area contributed by atoms with E-state index in [4.69, 9.17) is 0 Å². The van der Waals surface area contributed by atoms with E-state index in [-0.39, 0.29) is 0 Å². The van der Waals surface area contributed by atoms with Crippen LogP contribution in [-0.2, 0) is 0 Å². The fourth-order valence-corrected chi connectivity index (χ4v) is 13.6. The molecule has 0 unspecified atom stereocenters. The van der Waals surface area contributed by atoms with Crippen molar-refractivity contribution in [1.29, 1.82) is 0 Å². The molecule has 0 amide bonds. The van der Waals surface area contributed by atoms with Crippen molar-refractivity contribution in [1.82, 2.24) is 0 Å². The number of fused-ring (bicyclic) bond motifs is 4. The summed E-state index contributed by atoms with van der Waals surface area (Å²) >= 11 is 7.47. The van der Waals surface area contributed by atoms with Crippen molar-refractivity contribution in [3.8, 4) is 33.4 Å². The summed E-state index contributed by atoms with van der Waals surface area (Å²) in [6, 6.07) is 88.0. The third-order valence-electron chi connectivity index (χ3n) is 12.0. The van der Waals surface area contributed by atoms with Crippen LogP contribution in [0.25, 0.3) is 33.4 Å². The molecule has 0 saturated carbocycles. The van der Waals surface area contributed by atoms with E-state index in [0.29, 0.717) is 0 Å². The monoisotopic (exact) mass is 916 g/mol. The number of hydrogen-bond acceptors (Lipinski definition) is 6. The average Bonchev–Trinajstić information content (AvgIpc) is 3.39. The van der Waals surface area contributed by atoms with Gasteiger partial charge in [0.05, 0.1) is 0 Å². The Balaban J connectivity index is 0.812. The molecule has 2 aliphatic heterocycles. The highest BCUT2D eigenvalue weighted by molar-refractivity contribution is 8.05. The Morgan fingerprint density at radius 2 is 0.470 bits per heavy atom. The summed E-state index contributed by atoms with van der Waals surface area (Å²) in [5.74, 6) is 0. The van der Waals surface area contributed by atoms with Gasteiger partial charge in [0.1, 0.15) is 0 Å². The Kier molecular flexibility index (Phi) is 11.0. The molecule has 314 valence electrons. The fraction of sp³-hybridized carbons (Fsp3) is 0. The van der Waals surface area contributed by atoms with E-state index in [1.54, 1.807) is 0 Å². The van der Waals surface area contributed by atoms with Gasteiger partial charge in [-0.15, -0.1) is 0 Å². The molecule has 0 spiro atoms. The van der Waals surface area contributed by atoms with E-state index >= 15 is 0 Å². The van der Waals surface area contributed by atoms with Gasteiger partial charge in [0.25, 0.3) is 0 Å². The predicted octanol–water partition coefficient (Wildman–Crippen LogP) is 18.9. The molecule has 0 fully saturated rings. The van der Waals surface area contributed by atoms with Crippen LogP contribution < -0.4 is 9.80 Å². The topological polar surface area (TPSA) is 6.48 Å². The minimum absolute atomic E-state index is 1.10. The van der Waals surface area contributed by atoms with Crippen molar-refractivity contribution >= 4 is 81.2 Å². The van der Waals surface area contributed by atoms with E-state index in [1.807, 2.05) is 47.0 Å². The maximum atomic E-state index is 2.34. The highest BCUT2D eigenvalue weighted by Gasteiger charge is 2.23. The fourth-order valence-electron chi connectivity index (χ4n) is 8.79. The van der Waals surface area contributed by atoms with Crippen LogP contribution in [0.3, 0.4) is 0 Å². The van der Waals surface area contributed by atoms with Crippen LogP contribution in [0.5, 0.6) is 0 Å². The first-order valence-electron chi connectivity index (χ1n) is 22.0. The Morgan fingerprint density at radius 3 is 0.818 bits per heavy atom. The Hall–Kier alpha value is -6.80. The Morgan fingerprint density at radius 1 is 0.197 bits per heavy atom. The van der Waals surface area contributed by atoms with Gasteiger partial charge in [-0.1, -0.05) is 181 Å². The van der Waals surface area contributed by atoms with Crippen LogP contribution in [0.4, 0.5) is 34.1 Å². The Labute approximate surface area is 403 Å². The zero-order valence-corrected chi connectivity index (χ0v) is 38.9. The third kappa shape index (κ3) is 7.90. The number of benzene rings is 10. The molecule has 2 nitrogen and oxygen atoms in total. The minimum Gasteiger partial charge on any atom is -0.311 e. The van der Waals surface area contributed by atoms with Crippen molar-refractivity contribution in [2.75, 3.05) is 9.80 Å². The van der Waals surface area contributed by atoms with Gasteiger partial charge >= 0.3 is 0 Å². The highest BCUT2D eigenvalue weighted by Crippen LogP contribution is 2.53. The molecule has 6 heteroatoms. The van der Waals surface area contributed by atoms with Gasteiger partial charge in [0.2, 0.25) is 0 Å². The van der Waals surface area contributed by atoms with Crippen LogP contribution in [0.15, 0.2) is 282 Å². The van der Waals surface area contributed by atoms with Crippen LogP contribution in [0.1, 0.15) is 0 Å². The molecule has 10 aromatic carbocycles. The number of para-hydroxylation sites is 2. The third-order valence-corrected chi connectivity index (χ3v) is 17.2. The van der Waals surface area contributed by atoms with Crippen LogP contribution in [0.2, 0.25) is 0 Å². The van der Waals surface area contributed by atoms with Gasteiger partial charge < -0.3 is 9.80 Å². The first-order valence-corrected chi connectivity index (χ1v) is 25.2. The summed E-state index contributed by atoms with van der Waals surface area (Å²) in [6.07, 6.45) is 0. The first-order chi connectivity index (χ1) is 32.7. The molecule has 0 aromatic heterocycles. The predicted molar refractivity (Wildman–Crippen MR) is 281 cm³/mol. The summed E-state index contributed by atoms with van der Waals surface area (Å²) in [5, 5.41) is 0. The van der Waals surface area contributed by atoms with Gasteiger partial charge in [-0.3, -0.25) is 0 Å². The summed E-state index contributed by atoms with van der Waals surface area (Å²) in [6.45, 7) is 0. The molecule has 0 aliphatic carbocycles. The van der Waals surface area contributed by atoms with E-state index in [0.717, 1.165) is 34.1 Å². The van der Waals surface area contributed by atoms with Gasteiger partial charge in [-0.05, 0) is 143 Å². The van der Waals surface area contributed by atoms with Crippen LogP contribution >= 0.6 is 47.0 Å². The van der Waals surface area contributed by atoms with Crippen LogP contribution in [-0.4, -0.2) is 0 Å². The first kappa shape index (κ1) is 40.7. The van der Waals surface area contributed by atoms with Gasteiger partial charge in [-0.25, -0.2) is 0 Å². The molecule has 66 heavy (non-hydrogen) atoms. The second-order valence-corrected chi connectivity index (χ2v) is 20.4. The molecule has 0 saturated heterocycles. The second kappa shape index (κ2) is 17.9. The maximum Gasteiger partial charge on any atom is 0.0462 e.